The van der Waals surface area contributed by atoms with E-state index in [0.717, 1.165) is 16.5 Å². The average Bonchev–Trinajstić information content (AvgIpc) is 3.16. The van der Waals surface area contributed by atoms with Gasteiger partial charge in [-0.2, -0.15) is 0 Å². The molecule has 7 nitrogen and oxygen atoms in total. The number of carbonyl (C=O) groups excluding carboxylic acids is 1. The number of ether oxygens (including phenoxy) is 1. The van der Waals surface area contributed by atoms with Crippen LogP contribution in [0.5, 0.6) is 0 Å². The molecule has 1 atom stereocenters. The number of benzene rings is 2. The van der Waals surface area contributed by atoms with Gasteiger partial charge in [0.25, 0.3) is 5.69 Å². The number of nitro groups is 1. The second-order valence-electron chi connectivity index (χ2n) is 6.86. The van der Waals surface area contributed by atoms with Gasteiger partial charge < -0.3 is 14.6 Å². The third-order valence-electron chi connectivity index (χ3n) is 5.25. The van der Waals surface area contributed by atoms with Gasteiger partial charge in [-0.05, 0) is 11.6 Å². The van der Waals surface area contributed by atoms with E-state index < -0.39 is 5.92 Å². The Balaban J connectivity index is 1.77. The Morgan fingerprint density at radius 2 is 1.82 bits per heavy atom. The number of nitro benzene ring substituents is 1. The van der Waals surface area contributed by atoms with Crippen molar-refractivity contribution in [2.24, 2.45) is 0 Å². The summed E-state index contributed by atoms with van der Waals surface area (Å²) in [6.07, 6.45) is 2.03. The molecular weight excluding hydrogens is 358 g/mol. The zero-order chi connectivity index (χ0) is 19.5. The Morgan fingerprint density at radius 3 is 2.61 bits per heavy atom. The SMILES string of the molecule is O=C(C[C@@H](c1ccccc1[N+](=O)[O-])c1c[nH]c2ccccc12)N1CCOCC1. The van der Waals surface area contributed by atoms with Crippen LogP contribution in [0.3, 0.4) is 0 Å². The van der Waals surface area contributed by atoms with E-state index in [1.54, 1.807) is 23.1 Å². The van der Waals surface area contributed by atoms with E-state index >= 15 is 0 Å². The number of carbonyl (C=O) groups is 1. The van der Waals surface area contributed by atoms with Gasteiger partial charge in [0.15, 0.2) is 0 Å². The van der Waals surface area contributed by atoms with Crippen molar-refractivity contribution in [3.05, 3.63) is 76.0 Å². The number of nitrogens with one attached hydrogen (secondary N) is 1. The van der Waals surface area contributed by atoms with Crippen molar-refractivity contribution in [3.8, 4) is 0 Å². The third-order valence-corrected chi connectivity index (χ3v) is 5.25. The predicted octanol–water partition coefficient (Wildman–Crippen LogP) is 3.46. The molecular formula is C21H21N3O4. The maximum Gasteiger partial charge on any atom is 0.273 e. The molecule has 7 heteroatoms. The second-order valence-corrected chi connectivity index (χ2v) is 6.86. The van der Waals surface area contributed by atoms with Crippen molar-refractivity contribution in [1.29, 1.82) is 0 Å². The van der Waals surface area contributed by atoms with Crippen molar-refractivity contribution >= 4 is 22.5 Å². The number of fused-ring (bicyclic) bond motifs is 1. The van der Waals surface area contributed by atoms with Crippen LogP contribution in [0.25, 0.3) is 10.9 Å². The summed E-state index contributed by atoms with van der Waals surface area (Å²) in [4.78, 5) is 29.2. The van der Waals surface area contributed by atoms with E-state index in [-0.39, 0.29) is 22.9 Å². The fourth-order valence-corrected chi connectivity index (χ4v) is 3.83. The van der Waals surface area contributed by atoms with Gasteiger partial charge in [-0.25, -0.2) is 0 Å². The molecule has 0 radical (unpaired) electrons. The molecule has 1 amide bonds. The standard InChI is InChI=1S/C21H21N3O4/c25-21(23-9-11-28-12-10-23)13-17(16-6-2-4-8-20(16)24(26)27)18-14-22-19-7-3-1-5-15(18)19/h1-8,14,17,22H,9-13H2/t17-/m0/s1. The van der Waals surface area contributed by atoms with Crippen molar-refractivity contribution in [2.75, 3.05) is 26.3 Å². The minimum Gasteiger partial charge on any atom is -0.378 e. The molecule has 0 saturated carbocycles. The number of aromatic nitrogens is 1. The normalized spacial score (nSPS) is 15.5. The Morgan fingerprint density at radius 1 is 1.11 bits per heavy atom. The van der Waals surface area contributed by atoms with Crippen LogP contribution in [0.15, 0.2) is 54.7 Å². The molecule has 2 heterocycles. The smallest absolute Gasteiger partial charge is 0.273 e. The number of morpholine rings is 1. The molecule has 1 aromatic heterocycles. The lowest BCUT2D eigenvalue weighted by Gasteiger charge is -2.28. The Hall–Kier alpha value is -3.19. The molecule has 0 unspecified atom stereocenters. The summed E-state index contributed by atoms with van der Waals surface area (Å²) < 4.78 is 5.33. The van der Waals surface area contributed by atoms with Gasteiger partial charge in [-0.1, -0.05) is 36.4 Å². The van der Waals surface area contributed by atoms with Crippen LogP contribution in [0.1, 0.15) is 23.5 Å². The highest BCUT2D eigenvalue weighted by Crippen LogP contribution is 2.38. The monoisotopic (exact) mass is 379 g/mol. The molecule has 3 aromatic rings. The van der Waals surface area contributed by atoms with Crippen molar-refractivity contribution in [2.45, 2.75) is 12.3 Å². The van der Waals surface area contributed by atoms with Gasteiger partial charge in [0.2, 0.25) is 5.91 Å². The van der Waals surface area contributed by atoms with Gasteiger partial charge in [-0.3, -0.25) is 14.9 Å². The van der Waals surface area contributed by atoms with Gasteiger partial charge >= 0.3 is 0 Å². The van der Waals surface area contributed by atoms with Crippen LogP contribution < -0.4 is 0 Å². The van der Waals surface area contributed by atoms with Crippen LogP contribution in [0.2, 0.25) is 0 Å². The number of H-pyrrole nitrogens is 1. The highest BCUT2D eigenvalue weighted by molar-refractivity contribution is 5.86. The first-order valence-corrected chi connectivity index (χ1v) is 9.30. The summed E-state index contributed by atoms with van der Waals surface area (Å²) in [7, 11) is 0. The van der Waals surface area contributed by atoms with Crippen LogP contribution in [0, 0.1) is 10.1 Å². The van der Waals surface area contributed by atoms with Crippen molar-refractivity contribution < 1.29 is 14.5 Å². The fraction of sp³-hybridized carbons (Fsp3) is 0.286. The average molecular weight is 379 g/mol. The van der Waals surface area contributed by atoms with Gasteiger partial charge in [0, 0.05) is 54.2 Å². The molecule has 28 heavy (non-hydrogen) atoms. The van der Waals surface area contributed by atoms with E-state index in [1.165, 1.54) is 6.07 Å². The first kappa shape index (κ1) is 18.2. The molecule has 1 N–H and O–H groups in total. The summed E-state index contributed by atoms with van der Waals surface area (Å²) in [5.74, 6) is -0.426. The van der Waals surface area contributed by atoms with E-state index in [4.69, 9.17) is 4.74 Å². The molecule has 1 aliphatic heterocycles. The van der Waals surface area contributed by atoms with E-state index in [0.29, 0.717) is 31.9 Å². The van der Waals surface area contributed by atoms with Crippen LogP contribution in [0.4, 0.5) is 5.69 Å². The molecule has 0 spiro atoms. The molecule has 1 saturated heterocycles. The lowest BCUT2D eigenvalue weighted by atomic mass is 9.86. The van der Waals surface area contributed by atoms with Gasteiger partial charge in [0.05, 0.1) is 18.1 Å². The number of para-hydroxylation sites is 2. The number of nitrogens with zero attached hydrogens (tertiary/aromatic N) is 2. The molecule has 4 rings (SSSR count). The number of hydrogen-bond acceptors (Lipinski definition) is 4. The highest BCUT2D eigenvalue weighted by atomic mass is 16.6. The lowest BCUT2D eigenvalue weighted by molar-refractivity contribution is -0.385. The lowest BCUT2D eigenvalue weighted by Crippen LogP contribution is -2.41. The van der Waals surface area contributed by atoms with Crippen LogP contribution >= 0.6 is 0 Å². The van der Waals surface area contributed by atoms with Crippen molar-refractivity contribution in [1.82, 2.24) is 9.88 Å². The number of rotatable bonds is 5. The molecule has 2 aromatic carbocycles. The maximum absolute atomic E-state index is 13.0. The van der Waals surface area contributed by atoms with Crippen LogP contribution in [-0.4, -0.2) is 47.0 Å². The minimum absolute atomic E-state index is 0.0169. The largest absolute Gasteiger partial charge is 0.378 e. The zero-order valence-electron chi connectivity index (χ0n) is 15.3. The van der Waals surface area contributed by atoms with Crippen LogP contribution in [-0.2, 0) is 9.53 Å². The van der Waals surface area contributed by atoms with E-state index in [9.17, 15) is 14.9 Å². The Kier molecular flexibility index (Phi) is 5.08. The predicted molar refractivity (Wildman–Crippen MR) is 105 cm³/mol. The maximum atomic E-state index is 13.0. The molecule has 0 bridgehead atoms. The van der Waals surface area contributed by atoms with Gasteiger partial charge in [0.1, 0.15) is 0 Å². The quantitative estimate of drug-likeness (QED) is 0.543. The molecule has 0 aliphatic carbocycles. The zero-order valence-corrected chi connectivity index (χ0v) is 15.3. The summed E-state index contributed by atoms with van der Waals surface area (Å²) in [5.41, 5.74) is 2.43. The second kappa shape index (κ2) is 7.82. The summed E-state index contributed by atoms with van der Waals surface area (Å²) >= 11 is 0. The third kappa shape index (κ3) is 3.48. The number of amides is 1. The topological polar surface area (TPSA) is 88.5 Å². The highest BCUT2D eigenvalue weighted by Gasteiger charge is 2.29. The first-order valence-electron chi connectivity index (χ1n) is 9.30. The number of aromatic amines is 1. The number of hydrogen-bond donors (Lipinski definition) is 1. The van der Waals surface area contributed by atoms with Gasteiger partial charge in [-0.15, -0.1) is 0 Å². The Bertz CT molecular complexity index is 1010. The van der Waals surface area contributed by atoms with E-state index in [2.05, 4.69) is 4.98 Å². The minimum atomic E-state index is -0.409. The summed E-state index contributed by atoms with van der Waals surface area (Å²) in [5, 5.41) is 12.6. The fourth-order valence-electron chi connectivity index (χ4n) is 3.83. The van der Waals surface area contributed by atoms with Crippen molar-refractivity contribution in [3.63, 3.8) is 0 Å². The molecule has 1 aliphatic rings. The first-order chi connectivity index (χ1) is 13.6. The molecule has 1 fully saturated rings. The summed E-state index contributed by atoms with van der Waals surface area (Å²) in [6.45, 7) is 2.15. The molecule has 144 valence electrons. The summed E-state index contributed by atoms with van der Waals surface area (Å²) in [6, 6.07) is 14.5. The Labute approximate surface area is 162 Å². The van der Waals surface area contributed by atoms with E-state index in [1.807, 2.05) is 30.5 Å².